The fraction of sp³-hybridized carbons (Fsp3) is 0.778. The van der Waals surface area contributed by atoms with Crippen LogP contribution in [0, 0.1) is 0 Å². The van der Waals surface area contributed by atoms with Gasteiger partial charge in [0.2, 0.25) is 0 Å². The molecule has 0 rings (SSSR count). The Kier molecular flexibility index (Phi) is 15.9. The van der Waals surface area contributed by atoms with Crippen LogP contribution in [-0.2, 0) is 9.59 Å². The topological polar surface area (TPSA) is 74.6 Å². The van der Waals surface area contributed by atoms with E-state index in [0.29, 0.717) is 12.8 Å². The molecule has 0 saturated heterocycles. The number of carboxylic acid groups (broad SMARTS) is 2. The standard InChI is InChI=1S/C18H30Br2O4/c19-13-9-5-1-3-7-11-15(17(21)22)16(18(23)24)12-8-4-2-6-10-14-20/h1-14H2,(H,21,22)(H,23,24). The van der Waals surface area contributed by atoms with Crippen LogP contribution in [0.1, 0.15) is 77.0 Å². The summed E-state index contributed by atoms with van der Waals surface area (Å²) in [6.45, 7) is 0. The highest BCUT2D eigenvalue weighted by Crippen LogP contribution is 2.21. The Balaban J connectivity index is 4.44. The van der Waals surface area contributed by atoms with E-state index in [-0.39, 0.29) is 11.1 Å². The smallest absolute Gasteiger partial charge is 0.332 e. The van der Waals surface area contributed by atoms with Crippen molar-refractivity contribution < 1.29 is 19.8 Å². The lowest BCUT2D eigenvalue weighted by Gasteiger charge is -2.09. The zero-order chi connectivity index (χ0) is 18.2. The lowest BCUT2D eigenvalue weighted by Crippen LogP contribution is -2.12. The monoisotopic (exact) mass is 468 g/mol. The van der Waals surface area contributed by atoms with Crippen LogP contribution in [0.5, 0.6) is 0 Å². The lowest BCUT2D eigenvalue weighted by molar-refractivity contribution is -0.136. The molecule has 0 radical (unpaired) electrons. The van der Waals surface area contributed by atoms with Gasteiger partial charge in [-0.25, -0.2) is 9.59 Å². The highest BCUT2D eigenvalue weighted by atomic mass is 79.9. The SMILES string of the molecule is O=C(O)C(CCCCCCCBr)=C(CCCCCCCBr)C(=O)O. The van der Waals surface area contributed by atoms with Gasteiger partial charge in [-0.05, 0) is 38.5 Å². The number of carboxylic acids is 2. The van der Waals surface area contributed by atoms with E-state index in [2.05, 4.69) is 31.9 Å². The molecule has 0 aliphatic carbocycles. The molecular weight excluding hydrogens is 440 g/mol. The van der Waals surface area contributed by atoms with Gasteiger partial charge in [-0.3, -0.25) is 0 Å². The molecule has 6 heteroatoms. The molecule has 0 bridgehead atoms. The Labute approximate surface area is 162 Å². The molecular formula is C18H30Br2O4. The first-order valence-corrected chi connectivity index (χ1v) is 11.1. The number of carbonyl (C=O) groups is 2. The van der Waals surface area contributed by atoms with Gasteiger partial charge in [-0.2, -0.15) is 0 Å². The van der Waals surface area contributed by atoms with Gasteiger partial charge in [0.25, 0.3) is 0 Å². The van der Waals surface area contributed by atoms with Gasteiger partial charge < -0.3 is 10.2 Å². The predicted octanol–water partition coefficient (Wildman–Crippen LogP) is 5.92. The molecule has 2 N–H and O–H groups in total. The molecule has 24 heavy (non-hydrogen) atoms. The van der Waals surface area contributed by atoms with Crippen molar-refractivity contribution in [2.75, 3.05) is 10.7 Å². The number of alkyl halides is 2. The molecule has 0 unspecified atom stereocenters. The van der Waals surface area contributed by atoms with E-state index in [0.717, 1.165) is 74.9 Å². The van der Waals surface area contributed by atoms with Gasteiger partial charge >= 0.3 is 11.9 Å². The molecule has 0 aromatic heterocycles. The summed E-state index contributed by atoms with van der Waals surface area (Å²) in [5.41, 5.74) is 0.201. The molecule has 0 aromatic carbocycles. The fourth-order valence-corrected chi connectivity index (χ4v) is 3.42. The number of rotatable bonds is 16. The first-order chi connectivity index (χ1) is 11.5. The minimum absolute atomic E-state index is 0.100. The average Bonchev–Trinajstić information content (AvgIpc) is 2.54. The van der Waals surface area contributed by atoms with E-state index in [1.807, 2.05) is 0 Å². The summed E-state index contributed by atoms with van der Waals surface area (Å²) in [5, 5.41) is 20.7. The predicted molar refractivity (Wildman–Crippen MR) is 105 cm³/mol. The summed E-state index contributed by atoms with van der Waals surface area (Å²) in [5.74, 6) is -2.15. The molecule has 0 aliphatic heterocycles. The van der Waals surface area contributed by atoms with Crippen molar-refractivity contribution in [3.63, 3.8) is 0 Å². The Morgan fingerprint density at radius 2 is 0.833 bits per heavy atom. The zero-order valence-electron chi connectivity index (χ0n) is 14.4. The summed E-state index contributed by atoms with van der Waals surface area (Å²) in [6.07, 6.45) is 10.7. The number of halogens is 2. The van der Waals surface area contributed by atoms with E-state index in [4.69, 9.17) is 0 Å². The summed E-state index contributed by atoms with van der Waals surface area (Å²) < 4.78 is 0. The second-order valence-electron chi connectivity index (χ2n) is 5.98. The molecule has 0 saturated carbocycles. The maximum absolute atomic E-state index is 11.5. The van der Waals surface area contributed by atoms with E-state index in [1.54, 1.807) is 0 Å². The second-order valence-corrected chi connectivity index (χ2v) is 7.57. The summed E-state index contributed by atoms with van der Waals surface area (Å²) >= 11 is 6.77. The summed E-state index contributed by atoms with van der Waals surface area (Å²) in [6, 6.07) is 0. The van der Waals surface area contributed by atoms with Crippen LogP contribution in [0.2, 0.25) is 0 Å². The highest BCUT2D eigenvalue weighted by Gasteiger charge is 2.19. The van der Waals surface area contributed by atoms with Gasteiger partial charge in [0, 0.05) is 21.8 Å². The van der Waals surface area contributed by atoms with Gasteiger partial charge in [-0.15, -0.1) is 0 Å². The van der Waals surface area contributed by atoms with Crippen molar-refractivity contribution in [3.05, 3.63) is 11.1 Å². The van der Waals surface area contributed by atoms with E-state index in [9.17, 15) is 19.8 Å². The summed E-state index contributed by atoms with van der Waals surface area (Å²) in [4.78, 5) is 22.9. The lowest BCUT2D eigenvalue weighted by atomic mass is 9.96. The molecule has 0 amide bonds. The zero-order valence-corrected chi connectivity index (χ0v) is 17.5. The number of hydrogen-bond donors (Lipinski definition) is 2. The minimum atomic E-state index is -1.08. The fourth-order valence-electron chi connectivity index (χ4n) is 2.63. The molecule has 0 aromatic rings. The van der Waals surface area contributed by atoms with Crippen molar-refractivity contribution in [2.45, 2.75) is 77.0 Å². The number of hydrogen-bond acceptors (Lipinski definition) is 2. The van der Waals surface area contributed by atoms with Gasteiger partial charge in [-0.1, -0.05) is 70.4 Å². The number of unbranched alkanes of at least 4 members (excludes halogenated alkanes) is 8. The van der Waals surface area contributed by atoms with Crippen molar-refractivity contribution in [1.82, 2.24) is 0 Å². The molecule has 0 atom stereocenters. The minimum Gasteiger partial charge on any atom is -0.478 e. The van der Waals surface area contributed by atoms with Gasteiger partial charge in [0.15, 0.2) is 0 Å². The van der Waals surface area contributed by atoms with Crippen molar-refractivity contribution in [1.29, 1.82) is 0 Å². The van der Waals surface area contributed by atoms with Crippen molar-refractivity contribution in [3.8, 4) is 0 Å². The highest BCUT2D eigenvalue weighted by molar-refractivity contribution is 9.09. The van der Waals surface area contributed by atoms with Crippen LogP contribution in [-0.4, -0.2) is 32.8 Å². The van der Waals surface area contributed by atoms with Crippen LogP contribution in [0.25, 0.3) is 0 Å². The summed E-state index contributed by atoms with van der Waals surface area (Å²) in [7, 11) is 0. The Hall–Kier alpha value is -0.360. The van der Waals surface area contributed by atoms with Crippen LogP contribution in [0.15, 0.2) is 11.1 Å². The molecule has 140 valence electrons. The Morgan fingerprint density at radius 3 is 1.12 bits per heavy atom. The third-order valence-corrected chi connectivity index (χ3v) is 5.12. The Morgan fingerprint density at radius 1 is 0.542 bits per heavy atom. The molecule has 0 aliphatic rings. The maximum atomic E-state index is 11.5. The first kappa shape index (κ1) is 23.6. The van der Waals surface area contributed by atoms with E-state index in [1.165, 1.54) is 0 Å². The van der Waals surface area contributed by atoms with Crippen LogP contribution < -0.4 is 0 Å². The first-order valence-electron chi connectivity index (χ1n) is 8.85. The number of aliphatic carboxylic acids is 2. The Bertz CT molecular complexity index is 358. The third-order valence-electron chi connectivity index (χ3n) is 4.00. The van der Waals surface area contributed by atoms with E-state index < -0.39 is 11.9 Å². The molecule has 0 fully saturated rings. The molecule has 0 spiro atoms. The second kappa shape index (κ2) is 16.1. The van der Waals surface area contributed by atoms with Crippen molar-refractivity contribution >= 4 is 43.8 Å². The van der Waals surface area contributed by atoms with Crippen LogP contribution in [0.3, 0.4) is 0 Å². The normalized spacial score (nSPS) is 12.1. The van der Waals surface area contributed by atoms with Crippen LogP contribution >= 0.6 is 31.9 Å². The van der Waals surface area contributed by atoms with Gasteiger partial charge in [0.05, 0.1) is 0 Å². The van der Waals surface area contributed by atoms with Gasteiger partial charge in [0.1, 0.15) is 0 Å². The van der Waals surface area contributed by atoms with Crippen molar-refractivity contribution in [2.24, 2.45) is 0 Å². The average molecular weight is 470 g/mol. The molecule has 0 heterocycles. The third kappa shape index (κ3) is 12.1. The molecule has 4 nitrogen and oxygen atoms in total. The van der Waals surface area contributed by atoms with E-state index >= 15 is 0 Å². The maximum Gasteiger partial charge on any atom is 0.332 e. The quantitative estimate of drug-likeness (QED) is 0.167. The largest absolute Gasteiger partial charge is 0.478 e. The van der Waals surface area contributed by atoms with Crippen LogP contribution in [0.4, 0.5) is 0 Å².